The molecule has 1 saturated carbocycles. The molecule has 492 valence electrons. The summed E-state index contributed by atoms with van der Waals surface area (Å²) in [6, 6.07) is 12.6. The van der Waals surface area contributed by atoms with Crippen LogP contribution in [0.3, 0.4) is 0 Å². The number of methoxy groups -OCH3 is 1. The van der Waals surface area contributed by atoms with E-state index in [0.29, 0.717) is 53.1 Å². The molecule has 12 atom stereocenters. The number of guanidine groups is 1. The second kappa shape index (κ2) is 30.3. The summed E-state index contributed by atoms with van der Waals surface area (Å²) >= 11 is 0. The van der Waals surface area contributed by atoms with Gasteiger partial charge in [-0.15, -0.1) is 0 Å². The number of esters is 1. The summed E-state index contributed by atoms with van der Waals surface area (Å²) in [5.74, 6) is -5.53. The first-order valence-electron chi connectivity index (χ1n) is 29.8. The monoisotopic (exact) mass is 1270 g/mol. The van der Waals surface area contributed by atoms with Gasteiger partial charge in [-0.25, -0.2) is 14.6 Å². The number of H-pyrrole nitrogens is 1. The minimum Gasteiger partial charge on any atom is -0.508 e. The van der Waals surface area contributed by atoms with Crippen LogP contribution in [0.15, 0.2) is 99.6 Å². The second-order valence-corrected chi connectivity index (χ2v) is 23.0. The number of hydrogen-bond acceptors (Lipinski definition) is 23. The van der Waals surface area contributed by atoms with E-state index in [1.807, 2.05) is 32.0 Å². The number of carboxylic acids is 1. The van der Waals surface area contributed by atoms with E-state index in [2.05, 4.69) is 25.9 Å². The number of nitrogens with one attached hydrogen (secondary N) is 4. The SMILES string of the molecule is COCCC(=O)C[C@H](O)[C@H]1CCCC[C@@H]1NC[C@H](C=O)N=C(N)N[C@@](CO)(OC(=O)[C@H](NCCC=O)C(=O)O)[C@@H]1O[C@H](Oc2ccc3c(=O)c(-c4ccc(O)cc4)coc3c2)[C@@H](On2cc3cc[nH]c3c2-c2cc(C)cc(C)c2)[C@@](O)([C@H](O)CCCO)[C@]1(O)CO. The molecule has 0 radical (unpaired) electrons. The number of fused-ring (bicyclic) bond motifs is 2. The molecule has 8 rings (SSSR count). The molecule has 1 aliphatic heterocycles. The lowest BCUT2D eigenvalue weighted by atomic mass is 9.66. The summed E-state index contributed by atoms with van der Waals surface area (Å²) in [6.45, 7) is -0.825. The van der Waals surface area contributed by atoms with Crippen molar-refractivity contribution in [1.82, 2.24) is 25.7 Å². The van der Waals surface area contributed by atoms with Crippen molar-refractivity contribution >= 4 is 58.1 Å². The molecule has 2 aliphatic rings. The highest BCUT2D eigenvalue weighted by Crippen LogP contribution is 2.47. The number of aliphatic hydroxyl groups excluding tert-OH is 5. The highest BCUT2D eigenvalue weighted by molar-refractivity contribution is 5.99. The van der Waals surface area contributed by atoms with Crippen LogP contribution in [0.5, 0.6) is 11.5 Å². The van der Waals surface area contributed by atoms with Gasteiger partial charge >= 0.3 is 11.9 Å². The van der Waals surface area contributed by atoms with Crippen molar-refractivity contribution in [2.24, 2.45) is 16.6 Å². The highest BCUT2D eigenvalue weighted by Gasteiger charge is 2.75. The maximum atomic E-state index is 14.6. The number of rotatable bonds is 32. The number of aliphatic carboxylic acids is 1. The quantitative estimate of drug-likeness (QED) is 0.00527. The van der Waals surface area contributed by atoms with Crippen LogP contribution in [0.25, 0.3) is 44.3 Å². The molecular formula is C63H79N7O21. The number of aromatic nitrogens is 2. The molecule has 2 fully saturated rings. The number of nitrogens with zero attached hydrogens (tertiary/aromatic N) is 2. The summed E-state index contributed by atoms with van der Waals surface area (Å²) in [6.07, 6.45) is -4.50. The standard InChI is InChI=1S/C63H79N7O21/c1-35-24-36(2)26-39(25-35)53-51-38(17-20-66-51)30-70(53)91-55-58(88-43-15-16-45-49(28-43)87-32-46(54(45)80)37-11-13-41(76)14-12-37)89-59(61(84,33-74)63(55,85)50(79)10-6-21-71)62(34-75,90-57(83)52(56(81)82)65-19-7-22-72)69-60(64)68-40(31-73)29-67-47-9-5-4-8-44(47)48(78)27-42(77)18-23-86-3/h11-17,20,22,24-26,28,30-32,40,44,47-48,50,52,55,58-59,65-67,71,74-76,78-79,84-85H,4-10,18-19,21,23,27,29,33-34H2,1-3H3,(H,81,82)(H3,64,68,69)/t40-,44+,47+,48+,50-,52-,55-,58+,59-,61+,62+,63+/m1/s1. The number of aldehydes is 2. The predicted octanol–water partition coefficient (Wildman–Crippen LogP) is 0.762. The molecule has 91 heavy (non-hydrogen) atoms. The lowest BCUT2D eigenvalue weighted by molar-refractivity contribution is -0.400. The number of ether oxygens (including phenoxy) is 4. The fourth-order valence-corrected chi connectivity index (χ4v) is 12.1. The summed E-state index contributed by atoms with van der Waals surface area (Å²) in [4.78, 5) is 92.7. The number of phenols is 1. The summed E-state index contributed by atoms with van der Waals surface area (Å²) in [5, 5.41) is 114. The van der Waals surface area contributed by atoms with Crippen LogP contribution in [-0.2, 0) is 38.2 Å². The molecule has 15 N–H and O–H groups in total. The Kier molecular flexibility index (Phi) is 22.9. The number of benzene rings is 3. The third kappa shape index (κ3) is 15.1. The van der Waals surface area contributed by atoms with E-state index in [0.717, 1.165) is 30.2 Å². The molecule has 1 aliphatic carbocycles. The van der Waals surface area contributed by atoms with Crippen molar-refractivity contribution in [3.05, 3.63) is 107 Å². The zero-order valence-corrected chi connectivity index (χ0v) is 50.4. The first kappa shape index (κ1) is 68.8. The molecule has 0 amide bonds. The van der Waals surface area contributed by atoms with Gasteiger partial charge in [-0.1, -0.05) is 42.2 Å². The largest absolute Gasteiger partial charge is 0.508 e. The van der Waals surface area contributed by atoms with Gasteiger partial charge in [0.05, 0.1) is 48.1 Å². The smallest absolute Gasteiger partial charge is 0.337 e. The van der Waals surface area contributed by atoms with Gasteiger partial charge in [-0.05, 0) is 87.6 Å². The molecule has 1 saturated heterocycles. The number of aliphatic imine (C=N–C) groups is 1. The highest BCUT2D eigenvalue weighted by atomic mass is 16.8. The Morgan fingerprint density at radius 3 is 2.40 bits per heavy atom. The van der Waals surface area contributed by atoms with Gasteiger partial charge < -0.3 is 105 Å². The fourth-order valence-electron chi connectivity index (χ4n) is 12.1. The van der Waals surface area contributed by atoms with Gasteiger partial charge in [0, 0.05) is 81.2 Å². The minimum absolute atomic E-state index is 0.0179. The Balaban J connectivity index is 1.29. The Bertz CT molecular complexity index is 3570. The number of carboxylic acid groups (broad SMARTS) is 1. The van der Waals surface area contributed by atoms with Gasteiger partial charge in [0.15, 0.2) is 28.7 Å². The van der Waals surface area contributed by atoms with Crippen molar-refractivity contribution in [2.45, 2.75) is 137 Å². The average Bonchev–Trinajstić information content (AvgIpc) is 0.740. The van der Waals surface area contributed by atoms with Crippen LogP contribution in [0, 0.1) is 19.8 Å². The van der Waals surface area contributed by atoms with E-state index in [4.69, 9.17) is 33.9 Å². The van der Waals surface area contributed by atoms with Gasteiger partial charge in [0.2, 0.25) is 24.2 Å². The van der Waals surface area contributed by atoms with Gasteiger partial charge in [0.1, 0.15) is 60.0 Å². The number of aryl methyl sites for hydroxylation is 2. The molecule has 0 bridgehead atoms. The van der Waals surface area contributed by atoms with Crippen molar-refractivity contribution in [2.75, 3.05) is 46.6 Å². The number of aromatic hydroxyl groups is 1. The molecule has 6 aromatic rings. The average molecular weight is 1270 g/mol. The van der Waals surface area contributed by atoms with E-state index < -0.39 is 128 Å². The van der Waals surface area contributed by atoms with E-state index in [1.54, 1.807) is 12.3 Å². The number of Topliss-reactive ketones (excluding diaryl/α,β-unsaturated/α-hetero) is 1. The van der Waals surface area contributed by atoms with Crippen molar-refractivity contribution < 1.29 is 98.1 Å². The zero-order valence-electron chi connectivity index (χ0n) is 50.4. The Morgan fingerprint density at radius 1 is 0.989 bits per heavy atom. The number of hydrogen-bond donors (Lipinski definition) is 14. The second-order valence-electron chi connectivity index (χ2n) is 23.0. The van der Waals surface area contributed by atoms with Crippen molar-refractivity contribution in [3.8, 4) is 33.9 Å². The van der Waals surface area contributed by atoms with Gasteiger partial charge in [-0.3, -0.25) is 14.9 Å². The van der Waals surface area contributed by atoms with E-state index in [1.165, 1.54) is 60.5 Å². The molecule has 28 heteroatoms. The number of phenolic OH excluding ortho intramolecular Hbond substituents is 1. The minimum atomic E-state index is -3.57. The lowest BCUT2D eigenvalue weighted by Crippen LogP contribution is -2.86. The summed E-state index contributed by atoms with van der Waals surface area (Å²) in [7, 11) is 1.45. The van der Waals surface area contributed by atoms with Crippen molar-refractivity contribution in [3.63, 3.8) is 0 Å². The number of aromatic amines is 1. The van der Waals surface area contributed by atoms with Crippen LogP contribution >= 0.6 is 0 Å². The molecule has 0 spiro atoms. The Hall–Kier alpha value is -8.13. The fraction of sp³-hybridized carbons (Fsp3) is 0.476. The van der Waals surface area contributed by atoms with Crippen LogP contribution in [0.1, 0.15) is 68.9 Å². The normalized spacial score (nSPS) is 23.1. The predicted molar refractivity (Wildman–Crippen MR) is 326 cm³/mol. The lowest BCUT2D eigenvalue weighted by Gasteiger charge is -2.59. The van der Waals surface area contributed by atoms with E-state index in [-0.39, 0.29) is 72.6 Å². The van der Waals surface area contributed by atoms with Crippen LogP contribution in [0.4, 0.5) is 0 Å². The topological polar surface area (TPSA) is 439 Å². The van der Waals surface area contributed by atoms with Crippen LogP contribution < -0.4 is 36.7 Å². The van der Waals surface area contributed by atoms with E-state index >= 15 is 0 Å². The van der Waals surface area contributed by atoms with Gasteiger partial charge in [-0.2, -0.15) is 4.73 Å². The zero-order chi connectivity index (χ0) is 65.8. The third-order valence-corrected chi connectivity index (χ3v) is 16.6. The summed E-state index contributed by atoms with van der Waals surface area (Å²) in [5.41, 5.74) is -0.897. The molecule has 0 unspecified atom stereocenters. The number of nitrogens with two attached hydrogens (primary N) is 1. The van der Waals surface area contributed by atoms with E-state index in [9.17, 15) is 74.7 Å². The number of carbonyl (C=O) groups is 5. The van der Waals surface area contributed by atoms with Crippen LogP contribution in [0.2, 0.25) is 0 Å². The maximum Gasteiger partial charge on any atom is 0.337 e. The first-order valence-corrected chi connectivity index (χ1v) is 29.8. The summed E-state index contributed by atoms with van der Waals surface area (Å²) < 4.78 is 31.3. The third-order valence-electron chi connectivity index (χ3n) is 16.6. The molecular weight excluding hydrogens is 1190 g/mol. The number of ketones is 1. The number of carbonyl (C=O) groups excluding carboxylic acids is 4. The van der Waals surface area contributed by atoms with Crippen LogP contribution in [-0.4, -0.2) is 204 Å². The van der Waals surface area contributed by atoms with Gasteiger partial charge in [0.25, 0.3) is 0 Å². The molecule has 3 aromatic carbocycles. The Labute approximate surface area is 521 Å². The molecule has 4 heterocycles. The van der Waals surface area contributed by atoms with Crippen molar-refractivity contribution in [1.29, 1.82) is 0 Å². The first-order chi connectivity index (χ1) is 43.6. The molecule has 3 aromatic heterocycles. The number of aliphatic hydroxyl groups is 7. The molecule has 28 nitrogen and oxygen atoms in total. The maximum absolute atomic E-state index is 14.6. The Morgan fingerprint density at radius 2 is 1.73 bits per heavy atom.